The maximum absolute atomic E-state index is 13.1. The zero-order valence-corrected chi connectivity index (χ0v) is 11.8. The van der Waals surface area contributed by atoms with Crippen molar-refractivity contribution in [3.8, 4) is 11.5 Å². The lowest BCUT2D eigenvalue weighted by Crippen LogP contribution is -2.12. The van der Waals surface area contributed by atoms with Crippen molar-refractivity contribution in [1.82, 2.24) is 0 Å². The highest BCUT2D eigenvalue weighted by Gasteiger charge is 2.06. The molecule has 3 nitrogen and oxygen atoms in total. The monoisotopic (exact) mass is 322 g/mol. The Morgan fingerprint density at radius 2 is 1.84 bits per heavy atom. The second kappa shape index (κ2) is 5.40. The highest BCUT2D eigenvalue weighted by molar-refractivity contribution is 9.10. The summed E-state index contributed by atoms with van der Waals surface area (Å²) in [4.78, 5) is 0. The van der Waals surface area contributed by atoms with E-state index in [1.54, 1.807) is 30.3 Å². The second-order valence-corrected chi connectivity index (χ2v) is 4.92. The molecule has 19 heavy (non-hydrogen) atoms. The van der Waals surface area contributed by atoms with E-state index >= 15 is 0 Å². The maximum Gasteiger partial charge on any atom is 0.137 e. The fraction of sp³-hybridized carbons (Fsp3) is 0.0714. The maximum atomic E-state index is 13.1. The molecule has 2 aromatic rings. The van der Waals surface area contributed by atoms with Crippen LogP contribution in [0, 0.1) is 18.2 Å². The molecule has 0 bridgehead atoms. The fourth-order valence-electron chi connectivity index (χ4n) is 1.68. The molecule has 0 aliphatic heterocycles. The summed E-state index contributed by atoms with van der Waals surface area (Å²) >= 11 is 3.10. The van der Waals surface area contributed by atoms with Crippen LogP contribution < -0.4 is 10.5 Å². The SMILES string of the molecule is Cc1cc(Oc2ccc(F)c(Br)c2)ccc1C(=N)N. The topological polar surface area (TPSA) is 59.1 Å². The first-order chi connectivity index (χ1) is 8.97. The predicted octanol–water partition coefficient (Wildman–Crippen LogP) is 3.97. The summed E-state index contributed by atoms with van der Waals surface area (Å²) in [5.74, 6) is 0.827. The zero-order chi connectivity index (χ0) is 14.0. The molecule has 0 aliphatic rings. The van der Waals surface area contributed by atoms with Gasteiger partial charge in [-0.1, -0.05) is 0 Å². The zero-order valence-electron chi connectivity index (χ0n) is 10.2. The molecule has 0 fully saturated rings. The van der Waals surface area contributed by atoms with E-state index < -0.39 is 0 Å². The Hall–Kier alpha value is -1.88. The van der Waals surface area contributed by atoms with Crippen LogP contribution in [0.5, 0.6) is 11.5 Å². The van der Waals surface area contributed by atoms with Crippen molar-refractivity contribution in [3.63, 3.8) is 0 Å². The number of ether oxygens (including phenoxy) is 1. The lowest BCUT2D eigenvalue weighted by atomic mass is 10.1. The van der Waals surface area contributed by atoms with Crippen LogP contribution in [0.2, 0.25) is 0 Å². The molecule has 0 atom stereocenters. The number of nitrogens with one attached hydrogen (secondary N) is 1. The Kier molecular flexibility index (Phi) is 3.85. The van der Waals surface area contributed by atoms with Gasteiger partial charge in [0, 0.05) is 5.56 Å². The molecule has 98 valence electrons. The summed E-state index contributed by atoms with van der Waals surface area (Å²) in [6.45, 7) is 1.85. The van der Waals surface area contributed by atoms with Gasteiger partial charge in [0.15, 0.2) is 0 Å². The Morgan fingerprint density at radius 3 is 2.42 bits per heavy atom. The van der Waals surface area contributed by atoms with Crippen LogP contribution in [-0.4, -0.2) is 5.84 Å². The minimum atomic E-state index is -0.338. The molecule has 5 heteroatoms. The summed E-state index contributed by atoms with van der Waals surface area (Å²) in [6.07, 6.45) is 0. The van der Waals surface area contributed by atoms with Gasteiger partial charge in [0.05, 0.1) is 4.47 Å². The smallest absolute Gasteiger partial charge is 0.137 e. The number of hydrogen-bond donors (Lipinski definition) is 2. The minimum absolute atomic E-state index is 0.0218. The molecule has 0 aromatic heterocycles. The first-order valence-electron chi connectivity index (χ1n) is 5.55. The van der Waals surface area contributed by atoms with Crippen LogP contribution in [0.4, 0.5) is 4.39 Å². The van der Waals surface area contributed by atoms with Gasteiger partial charge in [-0.3, -0.25) is 5.41 Å². The van der Waals surface area contributed by atoms with Crippen molar-refractivity contribution < 1.29 is 9.13 Å². The molecular weight excluding hydrogens is 311 g/mol. The molecular formula is C14H12BrFN2O. The van der Waals surface area contributed by atoms with Crippen LogP contribution in [-0.2, 0) is 0 Å². The number of hydrogen-bond acceptors (Lipinski definition) is 2. The quantitative estimate of drug-likeness (QED) is 0.663. The number of aryl methyl sites for hydroxylation is 1. The van der Waals surface area contributed by atoms with E-state index in [2.05, 4.69) is 15.9 Å². The van der Waals surface area contributed by atoms with Gasteiger partial charge >= 0.3 is 0 Å². The summed E-state index contributed by atoms with van der Waals surface area (Å²) in [5.41, 5.74) is 6.98. The standard InChI is InChI=1S/C14H12BrFN2O/c1-8-6-9(2-4-11(8)14(17)18)19-10-3-5-13(16)12(15)7-10/h2-7H,1H3,(H3,17,18). The van der Waals surface area contributed by atoms with E-state index in [-0.39, 0.29) is 11.7 Å². The Labute approximate surface area is 118 Å². The number of nitrogens with two attached hydrogens (primary N) is 1. The predicted molar refractivity (Wildman–Crippen MR) is 76.4 cm³/mol. The first kappa shape index (κ1) is 13.5. The molecule has 0 saturated carbocycles. The Balaban J connectivity index is 2.26. The average Bonchev–Trinajstić information content (AvgIpc) is 2.33. The van der Waals surface area contributed by atoms with Gasteiger partial charge in [-0.25, -0.2) is 4.39 Å². The molecule has 0 spiro atoms. The lowest BCUT2D eigenvalue weighted by molar-refractivity contribution is 0.479. The van der Waals surface area contributed by atoms with Crippen molar-refractivity contribution in [1.29, 1.82) is 5.41 Å². The van der Waals surface area contributed by atoms with E-state index in [1.807, 2.05) is 6.92 Å². The molecule has 2 rings (SSSR count). The van der Waals surface area contributed by atoms with Crippen LogP contribution in [0.1, 0.15) is 11.1 Å². The number of amidine groups is 1. The van der Waals surface area contributed by atoms with Crippen LogP contribution in [0.15, 0.2) is 40.9 Å². The van der Waals surface area contributed by atoms with Crippen LogP contribution in [0.25, 0.3) is 0 Å². The third-order valence-electron chi connectivity index (χ3n) is 2.61. The van der Waals surface area contributed by atoms with Gasteiger partial charge in [-0.05, 0) is 64.8 Å². The molecule has 0 heterocycles. The largest absolute Gasteiger partial charge is 0.457 e. The average molecular weight is 323 g/mol. The molecule has 3 N–H and O–H groups in total. The van der Waals surface area contributed by atoms with Gasteiger partial charge in [0.25, 0.3) is 0 Å². The molecule has 0 aliphatic carbocycles. The summed E-state index contributed by atoms with van der Waals surface area (Å²) in [6, 6.07) is 9.68. The number of halogens is 2. The highest BCUT2D eigenvalue weighted by Crippen LogP contribution is 2.27. The summed E-state index contributed by atoms with van der Waals surface area (Å²) < 4.78 is 19.1. The molecule has 2 aromatic carbocycles. The molecule has 0 saturated heterocycles. The normalized spacial score (nSPS) is 10.3. The number of benzene rings is 2. The first-order valence-corrected chi connectivity index (χ1v) is 6.34. The van der Waals surface area contributed by atoms with E-state index in [1.165, 1.54) is 6.07 Å². The molecule has 0 amide bonds. The van der Waals surface area contributed by atoms with Crippen molar-refractivity contribution in [2.75, 3.05) is 0 Å². The molecule has 0 radical (unpaired) electrons. The third kappa shape index (κ3) is 3.12. The van der Waals surface area contributed by atoms with E-state index in [4.69, 9.17) is 15.9 Å². The second-order valence-electron chi connectivity index (χ2n) is 4.07. The molecule has 0 unspecified atom stereocenters. The number of rotatable bonds is 3. The van der Waals surface area contributed by atoms with Gasteiger partial charge < -0.3 is 10.5 Å². The lowest BCUT2D eigenvalue weighted by Gasteiger charge is -2.09. The van der Waals surface area contributed by atoms with Crippen LogP contribution >= 0.6 is 15.9 Å². The van der Waals surface area contributed by atoms with Crippen LogP contribution in [0.3, 0.4) is 0 Å². The van der Waals surface area contributed by atoms with Crippen molar-refractivity contribution in [3.05, 3.63) is 57.8 Å². The van der Waals surface area contributed by atoms with Gasteiger partial charge in [0.2, 0.25) is 0 Å². The van der Waals surface area contributed by atoms with E-state index in [0.29, 0.717) is 21.5 Å². The van der Waals surface area contributed by atoms with E-state index in [9.17, 15) is 4.39 Å². The minimum Gasteiger partial charge on any atom is -0.457 e. The summed E-state index contributed by atoms with van der Waals surface area (Å²) in [7, 11) is 0. The third-order valence-corrected chi connectivity index (χ3v) is 3.22. The number of nitrogen functional groups attached to an aromatic ring is 1. The van der Waals surface area contributed by atoms with Crippen molar-refractivity contribution in [2.45, 2.75) is 6.92 Å². The fourth-order valence-corrected chi connectivity index (χ4v) is 2.04. The Bertz CT molecular complexity index is 643. The summed E-state index contributed by atoms with van der Waals surface area (Å²) in [5, 5.41) is 7.41. The van der Waals surface area contributed by atoms with Gasteiger partial charge in [0.1, 0.15) is 23.2 Å². The van der Waals surface area contributed by atoms with Gasteiger partial charge in [-0.2, -0.15) is 0 Å². The van der Waals surface area contributed by atoms with Crippen molar-refractivity contribution >= 4 is 21.8 Å². The van der Waals surface area contributed by atoms with Gasteiger partial charge in [-0.15, -0.1) is 0 Å². The van der Waals surface area contributed by atoms with Crippen molar-refractivity contribution in [2.24, 2.45) is 5.73 Å². The highest BCUT2D eigenvalue weighted by atomic mass is 79.9. The Morgan fingerprint density at radius 1 is 1.21 bits per heavy atom. The van der Waals surface area contributed by atoms with E-state index in [0.717, 1.165) is 5.56 Å².